The molecule has 31 heavy (non-hydrogen) atoms. The zero-order valence-corrected chi connectivity index (χ0v) is 18.7. The molecular formula is C24H28O7. The van der Waals surface area contributed by atoms with Crippen LogP contribution in [-0.2, 0) is 20.9 Å². The number of methoxy groups -OCH3 is 2. The van der Waals surface area contributed by atoms with Crippen LogP contribution in [0.1, 0.15) is 43.6 Å². The molecule has 166 valence electrons. The van der Waals surface area contributed by atoms with Crippen LogP contribution in [0.3, 0.4) is 0 Å². The Bertz CT molecular complexity index is 992. The molecule has 1 heterocycles. The van der Waals surface area contributed by atoms with Gasteiger partial charge in [0.1, 0.15) is 13.2 Å². The average molecular weight is 428 g/mol. The molecular weight excluding hydrogens is 400 g/mol. The summed E-state index contributed by atoms with van der Waals surface area (Å²) in [5.74, 6) is 0.691. The van der Waals surface area contributed by atoms with E-state index >= 15 is 0 Å². The lowest BCUT2D eigenvalue weighted by molar-refractivity contribution is -0.159. The van der Waals surface area contributed by atoms with Crippen LogP contribution in [0.2, 0.25) is 0 Å². The molecule has 7 heteroatoms. The highest BCUT2D eigenvalue weighted by Crippen LogP contribution is 2.45. The summed E-state index contributed by atoms with van der Waals surface area (Å²) >= 11 is 0. The third-order valence-electron chi connectivity index (χ3n) is 4.97. The highest BCUT2D eigenvalue weighted by atomic mass is 16.6. The average Bonchev–Trinajstić information content (AvgIpc) is 3.11. The number of cyclic esters (lactones) is 1. The van der Waals surface area contributed by atoms with Crippen molar-refractivity contribution >= 4 is 11.9 Å². The lowest BCUT2D eigenvalue weighted by Crippen LogP contribution is -2.34. The molecule has 0 N–H and O–H groups in total. The predicted octanol–water partition coefficient (Wildman–Crippen LogP) is 4.40. The first-order valence-corrected chi connectivity index (χ1v) is 10.1. The SMILES string of the molecule is COc1ccc(-c2ccc3c(c2)COC3=O)c(OCC(C)(C)C(=O)OC(C)C)c1OC. The van der Waals surface area contributed by atoms with Gasteiger partial charge in [-0.1, -0.05) is 6.07 Å². The molecule has 0 radical (unpaired) electrons. The molecule has 2 aromatic carbocycles. The largest absolute Gasteiger partial charge is 0.493 e. The molecule has 2 aromatic rings. The zero-order chi connectivity index (χ0) is 22.8. The smallest absolute Gasteiger partial charge is 0.338 e. The van der Waals surface area contributed by atoms with Gasteiger partial charge in [-0.2, -0.15) is 0 Å². The highest BCUT2D eigenvalue weighted by Gasteiger charge is 2.32. The van der Waals surface area contributed by atoms with Crippen LogP contribution in [0.4, 0.5) is 0 Å². The van der Waals surface area contributed by atoms with Gasteiger partial charge in [-0.25, -0.2) is 4.79 Å². The summed E-state index contributed by atoms with van der Waals surface area (Å²) in [7, 11) is 3.07. The maximum atomic E-state index is 12.5. The fourth-order valence-corrected chi connectivity index (χ4v) is 3.26. The normalized spacial score (nSPS) is 12.9. The van der Waals surface area contributed by atoms with Crippen LogP contribution in [0.25, 0.3) is 11.1 Å². The molecule has 1 aliphatic rings. The highest BCUT2D eigenvalue weighted by molar-refractivity contribution is 5.94. The van der Waals surface area contributed by atoms with E-state index in [9.17, 15) is 9.59 Å². The first kappa shape index (κ1) is 22.5. The maximum absolute atomic E-state index is 12.5. The van der Waals surface area contributed by atoms with Gasteiger partial charge in [0.2, 0.25) is 5.75 Å². The number of ether oxygens (including phenoxy) is 5. The second kappa shape index (κ2) is 8.88. The van der Waals surface area contributed by atoms with Gasteiger partial charge in [0.05, 0.1) is 31.3 Å². The number of fused-ring (bicyclic) bond motifs is 1. The Balaban J connectivity index is 2.00. The molecule has 0 saturated heterocycles. The topological polar surface area (TPSA) is 80.3 Å². The van der Waals surface area contributed by atoms with E-state index in [1.165, 1.54) is 7.11 Å². The first-order chi connectivity index (χ1) is 14.7. The Morgan fingerprint density at radius 1 is 1.06 bits per heavy atom. The Kier molecular flexibility index (Phi) is 6.43. The molecule has 0 aromatic heterocycles. The molecule has 0 unspecified atom stereocenters. The van der Waals surface area contributed by atoms with E-state index in [-0.39, 0.29) is 31.3 Å². The van der Waals surface area contributed by atoms with E-state index in [4.69, 9.17) is 23.7 Å². The van der Waals surface area contributed by atoms with Crippen LogP contribution in [0, 0.1) is 5.41 Å². The summed E-state index contributed by atoms with van der Waals surface area (Å²) in [6.07, 6.45) is -0.218. The summed E-state index contributed by atoms with van der Waals surface area (Å²) in [5.41, 5.74) is 2.06. The fourth-order valence-electron chi connectivity index (χ4n) is 3.26. The summed E-state index contributed by atoms with van der Waals surface area (Å²) in [5, 5.41) is 0. The van der Waals surface area contributed by atoms with Crippen molar-refractivity contribution in [2.45, 2.75) is 40.4 Å². The van der Waals surface area contributed by atoms with Crippen molar-refractivity contribution in [3.05, 3.63) is 41.5 Å². The van der Waals surface area contributed by atoms with Crippen LogP contribution < -0.4 is 14.2 Å². The summed E-state index contributed by atoms with van der Waals surface area (Å²) < 4.78 is 27.6. The Labute approximate surface area is 182 Å². The molecule has 0 amide bonds. The molecule has 0 aliphatic carbocycles. The number of hydrogen-bond donors (Lipinski definition) is 0. The van der Waals surface area contributed by atoms with Gasteiger partial charge in [-0.3, -0.25) is 4.79 Å². The van der Waals surface area contributed by atoms with Crippen LogP contribution in [0.15, 0.2) is 30.3 Å². The molecule has 0 bridgehead atoms. The van der Waals surface area contributed by atoms with Crippen molar-refractivity contribution in [2.75, 3.05) is 20.8 Å². The van der Waals surface area contributed by atoms with E-state index in [2.05, 4.69) is 0 Å². The standard InChI is InChI=1S/C24H28O7/c1-14(2)31-23(26)24(3,4)13-30-20-17(9-10-19(27-5)21(20)28-6)15-7-8-18-16(11-15)12-29-22(18)25/h7-11,14H,12-13H2,1-6H3. The van der Waals surface area contributed by atoms with Gasteiger partial charge in [0, 0.05) is 11.1 Å². The minimum atomic E-state index is -0.881. The quantitative estimate of drug-likeness (QED) is 0.577. The minimum Gasteiger partial charge on any atom is -0.493 e. The molecule has 7 nitrogen and oxygen atoms in total. The van der Waals surface area contributed by atoms with Gasteiger partial charge < -0.3 is 23.7 Å². The number of esters is 2. The molecule has 0 spiro atoms. The van der Waals surface area contributed by atoms with Crippen molar-refractivity contribution < 1.29 is 33.3 Å². The van der Waals surface area contributed by atoms with Crippen molar-refractivity contribution in [3.8, 4) is 28.4 Å². The molecule has 0 fully saturated rings. The van der Waals surface area contributed by atoms with Crippen LogP contribution >= 0.6 is 0 Å². The monoisotopic (exact) mass is 428 g/mol. The third kappa shape index (κ3) is 4.60. The third-order valence-corrected chi connectivity index (χ3v) is 4.97. The van der Waals surface area contributed by atoms with Gasteiger partial charge >= 0.3 is 11.9 Å². The van der Waals surface area contributed by atoms with Crippen molar-refractivity contribution in [1.82, 2.24) is 0 Å². The summed E-state index contributed by atoms with van der Waals surface area (Å²) in [6, 6.07) is 9.11. The van der Waals surface area contributed by atoms with Gasteiger partial charge in [-0.15, -0.1) is 0 Å². The zero-order valence-electron chi connectivity index (χ0n) is 18.7. The lowest BCUT2D eigenvalue weighted by Gasteiger charge is -2.26. The number of hydrogen-bond acceptors (Lipinski definition) is 7. The summed E-state index contributed by atoms with van der Waals surface area (Å²) in [6.45, 7) is 7.45. The van der Waals surface area contributed by atoms with Crippen molar-refractivity contribution in [1.29, 1.82) is 0 Å². The number of carbonyl (C=O) groups is 2. The van der Waals surface area contributed by atoms with Gasteiger partial charge in [0.15, 0.2) is 11.5 Å². The lowest BCUT2D eigenvalue weighted by atomic mass is 9.94. The number of carbonyl (C=O) groups excluding carboxylic acids is 2. The second-order valence-corrected chi connectivity index (χ2v) is 8.25. The molecule has 0 atom stereocenters. The van der Waals surface area contributed by atoms with Gasteiger partial charge in [0.25, 0.3) is 0 Å². The number of rotatable bonds is 8. The maximum Gasteiger partial charge on any atom is 0.338 e. The van der Waals surface area contributed by atoms with Crippen LogP contribution in [-0.4, -0.2) is 38.9 Å². The number of benzene rings is 2. The predicted molar refractivity (Wildman–Crippen MR) is 115 cm³/mol. The van der Waals surface area contributed by atoms with E-state index < -0.39 is 5.41 Å². The van der Waals surface area contributed by atoms with Crippen LogP contribution in [0.5, 0.6) is 17.2 Å². The van der Waals surface area contributed by atoms with E-state index in [0.29, 0.717) is 22.8 Å². The summed E-state index contributed by atoms with van der Waals surface area (Å²) in [4.78, 5) is 24.3. The Morgan fingerprint density at radius 3 is 2.42 bits per heavy atom. The van der Waals surface area contributed by atoms with E-state index in [1.807, 2.05) is 18.2 Å². The molecule has 1 aliphatic heterocycles. The minimum absolute atomic E-state index is 0.0711. The first-order valence-electron chi connectivity index (χ1n) is 10.1. The fraction of sp³-hybridized carbons (Fsp3) is 0.417. The van der Waals surface area contributed by atoms with E-state index in [1.54, 1.807) is 46.9 Å². The Hall–Kier alpha value is -3.22. The second-order valence-electron chi connectivity index (χ2n) is 8.25. The Morgan fingerprint density at radius 2 is 1.77 bits per heavy atom. The van der Waals surface area contributed by atoms with E-state index in [0.717, 1.165) is 16.7 Å². The van der Waals surface area contributed by atoms with Crippen molar-refractivity contribution in [2.24, 2.45) is 5.41 Å². The molecule has 0 saturated carbocycles. The van der Waals surface area contributed by atoms with Gasteiger partial charge in [-0.05, 0) is 57.5 Å². The molecule has 3 rings (SSSR count). The van der Waals surface area contributed by atoms with Crippen molar-refractivity contribution in [3.63, 3.8) is 0 Å².